The second kappa shape index (κ2) is 5.79. The van der Waals surface area contributed by atoms with Gasteiger partial charge in [0.2, 0.25) is 5.91 Å². The first-order valence-corrected chi connectivity index (χ1v) is 7.47. The van der Waals surface area contributed by atoms with Crippen molar-refractivity contribution in [2.75, 3.05) is 0 Å². The van der Waals surface area contributed by atoms with Crippen LogP contribution in [0.1, 0.15) is 5.56 Å². The van der Waals surface area contributed by atoms with Crippen LogP contribution in [0.25, 0.3) is 39.4 Å². The summed E-state index contributed by atoms with van der Waals surface area (Å²) in [5.41, 5.74) is 9.02. The summed E-state index contributed by atoms with van der Waals surface area (Å²) in [5.74, 6) is -0.864. The summed E-state index contributed by atoms with van der Waals surface area (Å²) in [7, 11) is 0. The third-order valence-electron chi connectivity index (χ3n) is 3.78. The lowest BCUT2D eigenvalue weighted by atomic mass is 10.1. The number of amides is 1. The lowest BCUT2D eigenvalue weighted by Gasteiger charge is -2.03. The number of nitrogens with two attached hydrogens (primary N) is 1. The molecular weight excluding hydrogens is 321 g/mol. The minimum atomic E-state index is -0.538. The van der Waals surface area contributed by atoms with Crippen molar-refractivity contribution in [1.29, 1.82) is 0 Å². The van der Waals surface area contributed by atoms with Crippen molar-refractivity contribution < 1.29 is 9.18 Å². The van der Waals surface area contributed by atoms with E-state index in [9.17, 15) is 9.18 Å². The number of carbonyl (C=O) groups excluding carboxylic acids is 1. The molecule has 0 aliphatic rings. The molecule has 0 spiro atoms. The summed E-state index contributed by atoms with van der Waals surface area (Å²) in [6.07, 6.45) is 7.81. The number of nitrogens with one attached hydrogen (secondary N) is 1. The highest BCUT2D eigenvalue weighted by molar-refractivity contribution is 5.94. The Morgan fingerprint density at radius 2 is 2.08 bits per heavy atom. The Labute approximate surface area is 141 Å². The summed E-state index contributed by atoms with van der Waals surface area (Å²) in [5, 5.41) is 0.809. The number of aromatic nitrogens is 4. The van der Waals surface area contributed by atoms with Crippen LogP contribution in [0.2, 0.25) is 0 Å². The van der Waals surface area contributed by atoms with Gasteiger partial charge in [-0.15, -0.1) is 0 Å². The van der Waals surface area contributed by atoms with Gasteiger partial charge >= 0.3 is 0 Å². The lowest BCUT2D eigenvalue weighted by Crippen LogP contribution is -2.05. The van der Waals surface area contributed by atoms with E-state index in [2.05, 4.69) is 19.9 Å². The molecule has 0 aliphatic carbocycles. The topological polar surface area (TPSA) is 97.6 Å². The van der Waals surface area contributed by atoms with Crippen LogP contribution in [0.4, 0.5) is 4.39 Å². The van der Waals surface area contributed by atoms with E-state index >= 15 is 0 Å². The zero-order chi connectivity index (χ0) is 17.4. The molecule has 0 unspecified atom stereocenters. The Morgan fingerprint density at radius 1 is 1.20 bits per heavy atom. The van der Waals surface area contributed by atoms with Crippen molar-refractivity contribution in [2.24, 2.45) is 5.73 Å². The predicted molar refractivity (Wildman–Crippen MR) is 92.8 cm³/mol. The Hall–Kier alpha value is -3.61. The maximum absolute atomic E-state index is 13.3. The van der Waals surface area contributed by atoms with Crippen molar-refractivity contribution in [1.82, 2.24) is 19.9 Å². The number of hydrogen-bond donors (Lipinski definition) is 2. The molecule has 3 aromatic heterocycles. The van der Waals surface area contributed by atoms with Gasteiger partial charge in [-0.1, -0.05) is 0 Å². The van der Waals surface area contributed by atoms with E-state index in [0.29, 0.717) is 27.9 Å². The molecule has 1 aromatic carbocycles. The van der Waals surface area contributed by atoms with Crippen molar-refractivity contribution >= 4 is 34.1 Å². The summed E-state index contributed by atoms with van der Waals surface area (Å²) in [4.78, 5) is 27.1. The van der Waals surface area contributed by atoms with E-state index in [1.807, 2.05) is 6.07 Å². The molecule has 25 heavy (non-hydrogen) atoms. The largest absolute Gasteiger partial charge is 0.366 e. The van der Waals surface area contributed by atoms with E-state index in [0.717, 1.165) is 10.9 Å². The molecule has 0 fully saturated rings. The van der Waals surface area contributed by atoms with Gasteiger partial charge < -0.3 is 10.7 Å². The number of primary amides is 1. The van der Waals surface area contributed by atoms with Crippen LogP contribution in [0, 0.1) is 5.82 Å². The molecule has 4 rings (SSSR count). The summed E-state index contributed by atoms with van der Waals surface area (Å²) in [6.45, 7) is 0. The van der Waals surface area contributed by atoms with Crippen LogP contribution < -0.4 is 5.73 Å². The molecule has 4 aromatic rings. The summed E-state index contributed by atoms with van der Waals surface area (Å²) < 4.78 is 13.3. The highest BCUT2D eigenvalue weighted by Crippen LogP contribution is 2.24. The molecule has 6 nitrogen and oxygen atoms in total. The van der Waals surface area contributed by atoms with Crippen molar-refractivity contribution in [3.8, 4) is 11.3 Å². The van der Waals surface area contributed by atoms with E-state index < -0.39 is 5.91 Å². The zero-order valence-corrected chi connectivity index (χ0v) is 12.9. The minimum absolute atomic E-state index is 0.327. The van der Waals surface area contributed by atoms with Crippen LogP contribution >= 0.6 is 0 Å². The normalized spacial score (nSPS) is 11.6. The molecule has 122 valence electrons. The van der Waals surface area contributed by atoms with Gasteiger partial charge in [0.05, 0.1) is 17.4 Å². The number of pyridine rings is 1. The molecule has 1 amide bonds. The van der Waals surface area contributed by atoms with Gasteiger partial charge in [-0.2, -0.15) is 0 Å². The lowest BCUT2D eigenvalue weighted by molar-refractivity contribution is -0.113. The molecule has 0 saturated heterocycles. The van der Waals surface area contributed by atoms with Gasteiger partial charge in [0, 0.05) is 41.0 Å². The number of benzene rings is 1. The molecule has 0 atom stereocenters. The minimum Gasteiger partial charge on any atom is -0.366 e. The van der Waals surface area contributed by atoms with Crippen molar-refractivity contribution in [3.63, 3.8) is 0 Å². The highest BCUT2D eigenvalue weighted by atomic mass is 19.1. The van der Waals surface area contributed by atoms with Crippen LogP contribution in [0.3, 0.4) is 0 Å². The number of hydrogen-bond acceptors (Lipinski definition) is 4. The Morgan fingerprint density at radius 3 is 2.92 bits per heavy atom. The maximum Gasteiger partial charge on any atom is 0.241 e. The predicted octanol–water partition coefficient (Wildman–Crippen LogP) is 2.81. The second-order valence-electron chi connectivity index (χ2n) is 5.49. The van der Waals surface area contributed by atoms with Gasteiger partial charge in [0.1, 0.15) is 11.3 Å². The van der Waals surface area contributed by atoms with Gasteiger partial charge in [0.15, 0.2) is 5.65 Å². The fourth-order valence-electron chi connectivity index (χ4n) is 2.58. The highest BCUT2D eigenvalue weighted by Gasteiger charge is 2.09. The zero-order valence-electron chi connectivity index (χ0n) is 12.9. The first-order chi connectivity index (χ1) is 12.1. The molecule has 0 saturated carbocycles. The number of aromatic amines is 1. The number of H-pyrrole nitrogens is 1. The first-order valence-electron chi connectivity index (χ1n) is 7.47. The first kappa shape index (κ1) is 14.9. The summed E-state index contributed by atoms with van der Waals surface area (Å²) in [6, 6.07) is 6.32. The van der Waals surface area contributed by atoms with Gasteiger partial charge in [0.25, 0.3) is 0 Å². The fourth-order valence-corrected chi connectivity index (χ4v) is 2.58. The van der Waals surface area contributed by atoms with E-state index in [4.69, 9.17) is 5.73 Å². The van der Waals surface area contributed by atoms with E-state index in [-0.39, 0.29) is 5.82 Å². The second-order valence-corrected chi connectivity index (χ2v) is 5.49. The molecule has 7 heteroatoms. The average Bonchev–Trinajstić information content (AvgIpc) is 3.01. The SMILES string of the molecule is NC(=O)C=Cc1c[nH]c2ncc(-c3cnc4cc(F)ccc4c3)nc12. The average molecular weight is 333 g/mol. The third kappa shape index (κ3) is 2.83. The smallest absolute Gasteiger partial charge is 0.241 e. The Bertz CT molecular complexity index is 1150. The van der Waals surface area contributed by atoms with Crippen molar-refractivity contribution in [3.05, 3.63) is 60.3 Å². The standard InChI is InChI=1S/C18H12FN5O/c19-13-3-1-10-5-12(8-21-14(10)6-13)15-9-23-18-17(24-15)11(7-22-18)2-4-16(20)25/h1-9H,(H2,20,25)(H,22,23). The van der Waals surface area contributed by atoms with Gasteiger partial charge in [-0.25, -0.2) is 14.4 Å². The van der Waals surface area contributed by atoms with Crippen LogP contribution in [0.5, 0.6) is 0 Å². The molecule has 3 heterocycles. The number of rotatable bonds is 3. The molecule has 3 N–H and O–H groups in total. The molecule has 0 aliphatic heterocycles. The number of fused-ring (bicyclic) bond motifs is 2. The number of nitrogens with zero attached hydrogens (tertiary/aromatic N) is 3. The fraction of sp³-hybridized carbons (Fsp3) is 0. The van der Waals surface area contributed by atoms with Crippen LogP contribution in [-0.2, 0) is 4.79 Å². The molecule has 0 bridgehead atoms. The Kier molecular flexibility index (Phi) is 3.46. The number of carbonyl (C=O) groups is 1. The van der Waals surface area contributed by atoms with E-state index in [1.54, 1.807) is 30.7 Å². The van der Waals surface area contributed by atoms with Gasteiger partial charge in [-0.3, -0.25) is 9.78 Å². The maximum atomic E-state index is 13.3. The molecule has 0 radical (unpaired) electrons. The Balaban J connectivity index is 1.82. The van der Waals surface area contributed by atoms with Gasteiger partial charge in [-0.05, 0) is 24.3 Å². The number of halogens is 1. The van der Waals surface area contributed by atoms with Crippen LogP contribution in [-0.4, -0.2) is 25.8 Å². The monoisotopic (exact) mass is 333 g/mol. The van der Waals surface area contributed by atoms with Crippen molar-refractivity contribution in [2.45, 2.75) is 0 Å². The van der Waals surface area contributed by atoms with Crippen LogP contribution in [0.15, 0.2) is 48.9 Å². The quantitative estimate of drug-likeness (QED) is 0.563. The molecular formula is C18H12FN5O. The van der Waals surface area contributed by atoms with E-state index in [1.165, 1.54) is 18.2 Å². The summed E-state index contributed by atoms with van der Waals surface area (Å²) >= 11 is 0. The third-order valence-corrected chi connectivity index (χ3v) is 3.78.